The highest BCUT2D eigenvalue weighted by Crippen LogP contribution is 2.54. The first-order valence-corrected chi connectivity index (χ1v) is 8.85. The Kier molecular flexibility index (Phi) is 3.79. The Morgan fingerprint density at radius 1 is 0.409 bits per heavy atom. The van der Waals surface area contributed by atoms with Gasteiger partial charge in [-0.1, -0.05) is 96.3 Å². The Morgan fingerprint density at radius 3 is 1.18 bits per heavy atom. The fourth-order valence-corrected chi connectivity index (χ4v) is 4.99. The molecule has 0 spiro atoms. The van der Waals surface area contributed by atoms with Crippen molar-refractivity contribution in [2.75, 3.05) is 0 Å². The summed E-state index contributed by atoms with van der Waals surface area (Å²) in [5, 5.41) is 0. The predicted octanol–water partition coefficient (Wildman–Crippen LogP) is 6.41. The van der Waals surface area contributed by atoms with Gasteiger partial charge in [-0.05, 0) is 23.3 Å². The first kappa shape index (κ1) is 13.7. The molecular weight excluding hydrogens is 304 g/mol. The molecule has 0 saturated heterocycles. The number of benzene rings is 3. The van der Waals surface area contributed by atoms with E-state index in [-0.39, 0.29) is 0 Å². The molecule has 0 unspecified atom stereocenters. The molecule has 0 N–H and O–H groups in total. The first-order chi connectivity index (χ1) is 10.9. The lowest BCUT2D eigenvalue weighted by Crippen LogP contribution is -1.93. The molecule has 1 aliphatic heterocycles. The van der Waals surface area contributed by atoms with Crippen molar-refractivity contribution >= 4 is 33.3 Å². The zero-order valence-electron chi connectivity index (χ0n) is 11.9. The lowest BCUT2D eigenvalue weighted by atomic mass is 10.1. The van der Waals surface area contributed by atoms with Crippen LogP contribution in [0.25, 0.3) is 9.81 Å². The molecule has 2 heteroatoms. The van der Waals surface area contributed by atoms with Crippen molar-refractivity contribution in [3.05, 3.63) is 96.1 Å². The monoisotopic (exact) mass is 318 g/mol. The second-order valence-electron chi connectivity index (χ2n) is 5.04. The van der Waals surface area contributed by atoms with Crippen molar-refractivity contribution in [3.8, 4) is 0 Å². The van der Waals surface area contributed by atoms with E-state index in [1.807, 2.05) is 23.5 Å². The summed E-state index contributed by atoms with van der Waals surface area (Å²) in [7, 11) is 0. The SMILES string of the molecule is c1ccc(C2=C(c3ccccc3)Sc3ccccc3S2)cc1. The van der Waals surface area contributed by atoms with Crippen molar-refractivity contribution in [1.29, 1.82) is 0 Å². The molecule has 1 heterocycles. The summed E-state index contributed by atoms with van der Waals surface area (Å²) in [6.45, 7) is 0. The van der Waals surface area contributed by atoms with Gasteiger partial charge in [-0.2, -0.15) is 0 Å². The van der Waals surface area contributed by atoms with E-state index in [1.54, 1.807) is 0 Å². The van der Waals surface area contributed by atoms with Gasteiger partial charge >= 0.3 is 0 Å². The van der Waals surface area contributed by atoms with E-state index in [0.717, 1.165) is 0 Å². The van der Waals surface area contributed by atoms with E-state index in [9.17, 15) is 0 Å². The Morgan fingerprint density at radius 2 is 0.773 bits per heavy atom. The van der Waals surface area contributed by atoms with Crippen LogP contribution >= 0.6 is 23.5 Å². The summed E-state index contributed by atoms with van der Waals surface area (Å²) in [6.07, 6.45) is 0. The average Bonchev–Trinajstić information content (AvgIpc) is 2.62. The van der Waals surface area contributed by atoms with Gasteiger partial charge in [-0.3, -0.25) is 0 Å². The maximum Gasteiger partial charge on any atom is 0.0340 e. The molecule has 106 valence electrons. The van der Waals surface area contributed by atoms with Crippen LogP contribution in [0.1, 0.15) is 11.1 Å². The summed E-state index contributed by atoms with van der Waals surface area (Å²) < 4.78 is 0. The van der Waals surface area contributed by atoms with Gasteiger partial charge in [0.1, 0.15) is 0 Å². The fourth-order valence-electron chi connectivity index (χ4n) is 2.49. The van der Waals surface area contributed by atoms with Crippen LogP contribution < -0.4 is 0 Å². The predicted molar refractivity (Wildman–Crippen MR) is 97.9 cm³/mol. The quantitative estimate of drug-likeness (QED) is 0.535. The van der Waals surface area contributed by atoms with Crippen LogP contribution in [0.2, 0.25) is 0 Å². The van der Waals surface area contributed by atoms with Gasteiger partial charge in [-0.15, -0.1) is 0 Å². The van der Waals surface area contributed by atoms with Crippen LogP contribution in [0.3, 0.4) is 0 Å². The van der Waals surface area contributed by atoms with E-state index in [1.165, 1.54) is 30.7 Å². The Labute approximate surface area is 139 Å². The molecule has 22 heavy (non-hydrogen) atoms. The first-order valence-electron chi connectivity index (χ1n) is 7.22. The molecule has 0 aromatic heterocycles. The Balaban J connectivity index is 1.89. The third kappa shape index (κ3) is 2.60. The van der Waals surface area contributed by atoms with Crippen LogP contribution in [0.15, 0.2) is 94.7 Å². The fraction of sp³-hybridized carbons (Fsp3) is 0. The zero-order valence-corrected chi connectivity index (χ0v) is 13.5. The van der Waals surface area contributed by atoms with Crippen molar-refractivity contribution in [1.82, 2.24) is 0 Å². The lowest BCUT2D eigenvalue weighted by molar-refractivity contribution is 1.26. The van der Waals surface area contributed by atoms with Crippen LogP contribution in [-0.2, 0) is 0 Å². The second-order valence-corrected chi connectivity index (χ2v) is 7.15. The molecule has 0 bridgehead atoms. The summed E-state index contributed by atoms with van der Waals surface area (Å²) in [5.74, 6) is 0. The van der Waals surface area contributed by atoms with Gasteiger partial charge in [0.2, 0.25) is 0 Å². The van der Waals surface area contributed by atoms with Crippen molar-refractivity contribution in [2.45, 2.75) is 9.79 Å². The molecule has 4 rings (SSSR count). The number of fused-ring (bicyclic) bond motifs is 1. The number of hydrogen-bond donors (Lipinski definition) is 0. The van der Waals surface area contributed by atoms with Crippen molar-refractivity contribution in [2.24, 2.45) is 0 Å². The Bertz CT molecular complexity index is 750. The average molecular weight is 318 g/mol. The standard InChI is InChI=1S/C20H14S2/c1-3-9-15(10-4-1)19-20(16-11-5-2-6-12-16)22-18-14-8-7-13-17(18)21-19/h1-14H. The molecule has 1 aliphatic rings. The summed E-state index contributed by atoms with van der Waals surface area (Å²) >= 11 is 3.74. The molecular formula is C20H14S2. The normalized spacial score (nSPS) is 13.8. The molecule has 0 fully saturated rings. The summed E-state index contributed by atoms with van der Waals surface area (Å²) in [6, 6.07) is 30.0. The summed E-state index contributed by atoms with van der Waals surface area (Å²) in [5.41, 5.74) is 2.57. The van der Waals surface area contributed by atoms with Gasteiger partial charge in [0.15, 0.2) is 0 Å². The molecule has 3 aromatic rings. The molecule has 0 nitrogen and oxygen atoms in total. The van der Waals surface area contributed by atoms with Crippen molar-refractivity contribution in [3.63, 3.8) is 0 Å². The lowest BCUT2D eigenvalue weighted by Gasteiger charge is -2.22. The highest BCUT2D eigenvalue weighted by atomic mass is 32.2. The van der Waals surface area contributed by atoms with Crippen molar-refractivity contribution < 1.29 is 0 Å². The van der Waals surface area contributed by atoms with Gasteiger partial charge in [0, 0.05) is 19.6 Å². The minimum absolute atomic E-state index is 1.29. The molecule has 3 aromatic carbocycles. The van der Waals surface area contributed by atoms with Gasteiger partial charge < -0.3 is 0 Å². The van der Waals surface area contributed by atoms with E-state index in [2.05, 4.69) is 84.9 Å². The maximum atomic E-state index is 2.21. The van der Waals surface area contributed by atoms with Gasteiger partial charge in [0.25, 0.3) is 0 Å². The number of hydrogen-bond acceptors (Lipinski definition) is 2. The van der Waals surface area contributed by atoms with Crippen LogP contribution in [0.5, 0.6) is 0 Å². The van der Waals surface area contributed by atoms with Gasteiger partial charge in [-0.25, -0.2) is 0 Å². The van der Waals surface area contributed by atoms with Crippen LogP contribution in [-0.4, -0.2) is 0 Å². The maximum absolute atomic E-state index is 2.21. The number of thioether (sulfide) groups is 2. The highest BCUT2D eigenvalue weighted by Gasteiger charge is 2.21. The molecule has 0 radical (unpaired) electrons. The van der Waals surface area contributed by atoms with Crippen LogP contribution in [0, 0.1) is 0 Å². The van der Waals surface area contributed by atoms with Gasteiger partial charge in [0.05, 0.1) is 0 Å². The van der Waals surface area contributed by atoms with E-state index >= 15 is 0 Å². The smallest absolute Gasteiger partial charge is 0.0340 e. The molecule has 0 amide bonds. The molecule has 0 atom stereocenters. The minimum Gasteiger partial charge on any atom is -0.0871 e. The molecule has 0 saturated carbocycles. The molecule has 0 aliphatic carbocycles. The zero-order chi connectivity index (χ0) is 14.8. The highest BCUT2D eigenvalue weighted by molar-refractivity contribution is 8.16. The summed E-state index contributed by atoms with van der Waals surface area (Å²) in [4.78, 5) is 5.36. The van der Waals surface area contributed by atoms with Crippen LogP contribution in [0.4, 0.5) is 0 Å². The second kappa shape index (κ2) is 6.07. The Hall–Kier alpha value is -1.90. The number of rotatable bonds is 2. The van der Waals surface area contributed by atoms with E-state index < -0.39 is 0 Å². The minimum atomic E-state index is 1.29. The largest absolute Gasteiger partial charge is 0.0871 e. The topological polar surface area (TPSA) is 0 Å². The third-order valence-corrected chi connectivity index (χ3v) is 6.25. The third-order valence-electron chi connectivity index (χ3n) is 3.55. The van der Waals surface area contributed by atoms with E-state index in [0.29, 0.717) is 0 Å². The van der Waals surface area contributed by atoms with E-state index in [4.69, 9.17) is 0 Å².